The van der Waals surface area contributed by atoms with E-state index in [1.807, 2.05) is 11.8 Å². The number of aryl methyl sites for hydroxylation is 2. The quantitative estimate of drug-likeness (QED) is 0.893. The van der Waals surface area contributed by atoms with Crippen LogP contribution < -0.4 is 5.69 Å². The van der Waals surface area contributed by atoms with Crippen LogP contribution in [0, 0.1) is 0 Å². The summed E-state index contributed by atoms with van der Waals surface area (Å²) in [6, 6.07) is 0. The Kier molecular flexibility index (Phi) is 3.97. The Balaban J connectivity index is 1.58. The molecule has 0 radical (unpaired) electrons. The number of piperidine rings is 1. The number of H-pyrrole nitrogens is 1. The lowest BCUT2D eigenvalue weighted by Gasteiger charge is -2.32. The maximum absolute atomic E-state index is 13.0. The van der Waals surface area contributed by atoms with E-state index in [9.17, 15) is 9.59 Å². The number of carbonyl (C=O) groups excluding carboxylic acids is 1. The van der Waals surface area contributed by atoms with Gasteiger partial charge in [-0.25, -0.2) is 9.48 Å². The standard InChI is InChI=1S/C17H24N6O2/c1-3-23-15(20-21(2)17(23)25)11-6-5-9-22(10-11)16(24)14-12-7-4-8-13(12)18-19-14/h11H,3-10H2,1-2H3,(H,18,19)/t11-/m1/s1. The first kappa shape index (κ1) is 16.1. The summed E-state index contributed by atoms with van der Waals surface area (Å²) in [5.74, 6) is 0.892. The minimum absolute atomic E-state index is 0.00502. The number of aromatic nitrogens is 5. The molecule has 2 aliphatic rings. The average molecular weight is 344 g/mol. The molecule has 25 heavy (non-hydrogen) atoms. The zero-order valence-corrected chi connectivity index (χ0v) is 14.8. The normalized spacial score (nSPS) is 20.1. The molecule has 8 heteroatoms. The summed E-state index contributed by atoms with van der Waals surface area (Å²) in [4.78, 5) is 27.0. The minimum Gasteiger partial charge on any atom is -0.337 e. The number of hydrogen-bond acceptors (Lipinski definition) is 4. The molecule has 2 aromatic heterocycles. The van der Waals surface area contributed by atoms with Crippen molar-refractivity contribution in [1.82, 2.24) is 29.4 Å². The molecule has 8 nitrogen and oxygen atoms in total. The summed E-state index contributed by atoms with van der Waals surface area (Å²) < 4.78 is 3.10. The highest BCUT2D eigenvalue weighted by Gasteiger charge is 2.32. The van der Waals surface area contributed by atoms with Crippen LogP contribution in [-0.4, -0.2) is 48.4 Å². The van der Waals surface area contributed by atoms with Gasteiger partial charge in [-0.15, -0.1) is 0 Å². The number of nitrogens with one attached hydrogen (secondary N) is 1. The molecule has 1 fully saturated rings. The van der Waals surface area contributed by atoms with Crippen molar-refractivity contribution in [3.05, 3.63) is 33.3 Å². The van der Waals surface area contributed by atoms with E-state index in [2.05, 4.69) is 15.3 Å². The number of likely N-dealkylation sites (tertiary alicyclic amines) is 1. The largest absolute Gasteiger partial charge is 0.345 e. The molecule has 1 N–H and O–H groups in total. The van der Waals surface area contributed by atoms with E-state index >= 15 is 0 Å². The molecule has 2 aromatic rings. The van der Waals surface area contributed by atoms with Crippen molar-refractivity contribution in [2.45, 2.75) is 51.5 Å². The van der Waals surface area contributed by atoms with Crippen molar-refractivity contribution in [3.63, 3.8) is 0 Å². The van der Waals surface area contributed by atoms with E-state index < -0.39 is 0 Å². The molecular formula is C17H24N6O2. The van der Waals surface area contributed by atoms with Crippen LogP contribution in [0.3, 0.4) is 0 Å². The van der Waals surface area contributed by atoms with Gasteiger partial charge in [0, 0.05) is 43.9 Å². The fourth-order valence-electron chi connectivity index (χ4n) is 4.14. The smallest absolute Gasteiger partial charge is 0.337 e. The first-order valence-corrected chi connectivity index (χ1v) is 9.09. The zero-order valence-electron chi connectivity index (χ0n) is 14.8. The third-order valence-corrected chi connectivity index (χ3v) is 5.44. The Hall–Kier alpha value is -2.38. The molecule has 0 saturated carbocycles. The van der Waals surface area contributed by atoms with E-state index in [4.69, 9.17) is 0 Å². The van der Waals surface area contributed by atoms with E-state index in [0.29, 0.717) is 18.8 Å². The van der Waals surface area contributed by atoms with Crippen molar-refractivity contribution >= 4 is 5.91 Å². The van der Waals surface area contributed by atoms with E-state index in [-0.39, 0.29) is 17.5 Å². The number of rotatable bonds is 3. The highest BCUT2D eigenvalue weighted by molar-refractivity contribution is 5.94. The Morgan fingerprint density at radius 1 is 1.32 bits per heavy atom. The van der Waals surface area contributed by atoms with Gasteiger partial charge in [-0.1, -0.05) is 0 Å². The number of amides is 1. The van der Waals surface area contributed by atoms with E-state index in [0.717, 1.165) is 55.7 Å². The number of fused-ring (bicyclic) bond motifs is 1. The van der Waals surface area contributed by atoms with Gasteiger partial charge < -0.3 is 4.90 Å². The summed E-state index contributed by atoms with van der Waals surface area (Å²) in [6.45, 7) is 3.88. The van der Waals surface area contributed by atoms with Crippen LogP contribution in [0.15, 0.2) is 4.79 Å². The molecule has 1 saturated heterocycles. The molecule has 1 aliphatic heterocycles. The Morgan fingerprint density at radius 3 is 2.96 bits per heavy atom. The molecule has 3 heterocycles. The SMILES string of the molecule is CCn1c([C@@H]2CCCN(C(=O)c3n[nH]c4c3CCC4)C2)nn(C)c1=O. The van der Waals surface area contributed by atoms with Crippen LogP contribution in [0.2, 0.25) is 0 Å². The lowest BCUT2D eigenvalue weighted by molar-refractivity contribution is 0.0696. The first-order valence-electron chi connectivity index (χ1n) is 9.09. The Labute approximate surface area is 145 Å². The van der Waals surface area contributed by atoms with Gasteiger partial charge in [0.2, 0.25) is 0 Å². The van der Waals surface area contributed by atoms with Crippen molar-refractivity contribution in [1.29, 1.82) is 0 Å². The monoisotopic (exact) mass is 344 g/mol. The van der Waals surface area contributed by atoms with E-state index in [1.165, 1.54) is 4.68 Å². The highest BCUT2D eigenvalue weighted by atomic mass is 16.2. The molecule has 0 aromatic carbocycles. The van der Waals surface area contributed by atoms with Gasteiger partial charge in [0.25, 0.3) is 5.91 Å². The third kappa shape index (κ3) is 2.60. The van der Waals surface area contributed by atoms with Crippen molar-refractivity contribution in [2.75, 3.05) is 13.1 Å². The maximum Gasteiger partial charge on any atom is 0.345 e. The molecule has 4 rings (SSSR count). The maximum atomic E-state index is 13.0. The first-order chi connectivity index (χ1) is 12.1. The van der Waals surface area contributed by atoms with Gasteiger partial charge in [0.15, 0.2) is 5.69 Å². The second-order valence-electron chi connectivity index (χ2n) is 6.98. The summed E-state index contributed by atoms with van der Waals surface area (Å²) in [7, 11) is 1.68. The van der Waals surface area contributed by atoms with E-state index in [1.54, 1.807) is 11.6 Å². The molecule has 0 spiro atoms. The van der Waals surface area contributed by atoms with Crippen molar-refractivity contribution in [3.8, 4) is 0 Å². The van der Waals surface area contributed by atoms with Gasteiger partial charge >= 0.3 is 5.69 Å². The van der Waals surface area contributed by atoms with Crippen molar-refractivity contribution < 1.29 is 4.79 Å². The van der Waals surface area contributed by atoms with Crippen LogP contribution in [0.4, 0.5) is 0 Å². The van der Waals surface area contributed by atoms with Gasteiger partial charge in [0.1, 0.15) is 5.82 Å². The number of aromatic amines is 1. The number of carbonyl (C=O) groups is 1. The number of nitrogens with zero attached hydrogens (tertiary/aromatic N) is 5. The molecule has 134 valence electrons. The highest BCUT2D eigenvalue weighted by Crippen LogP contribution is 2.28. The van der Waals surface area contributed by atoms with Gasteiger partial charge in [-0.3, -0.25) is 14.5 Å². The summed E-state index contributed by atoms with van der Waals surface area (Å²) >= 11 is 0. The Morgan fingerprint density at radius 2 is 2.16 bits per heavy atom. The summed E-state index contributed by atoms with van der Waals surface area (Å²) in [5, 5.41) is 11.7. The lowest BCUT2D eigenvalue weighted by Crippen LogP contribution is -2.40. The van der Waals surface area contributed by atoms with Crippen molar-refractivity contribution in [2.24, 2.45) is 7.05 Å². The fraction of sp³-hybridized carbons (Fsp3) is 0.647. The molecular weight excluding hydrogens is 320 g/mol. The van der Waals surface area contributed by atoms with Crippen LogP contribution in [0.5, 0.6) is 0 Å². The van der Waals surface area contributed by atoms with Crippen LogP contribution in [-0.2, 0) is 26.4 Å². The predicted molar refractivity (Wildman–Crippen MR) is 91.6 cm³/mol. The van der Waals surface area contributed by atoms with Gasteiger partial charge in [0.05, 0.1) is 0 Å². The lowest BCUT2D eigenvalue weighted by atomic mass is 9.96. The summed E-state index contributed by atoms with van der Waals surface area (Å²) in [6.07, 6.45) is 4.86. The topological polar surface area (TPSA) is 88.8 Å². The molecule has 1 atom stereocenters. The molecule has 0 unspecified atom stereocenters. The van der Waals surface area contributed by atoms with Gasteiger partial charge in [-0.2, -0.15) is 10.2 Å². The molecule has 1 aliphatic carbocycles. The molecule has 1 amide bonds. The Bertz CT molecular complexity index is 861. The third-order valence-electron chi connectivity index (χ3n) is 5.44. The van der Waals surface area contributed by atoms with Crippen LogP contribution in [0.25, 0.3) is 0 Å². The molecule has 0 bridgehead atoms. The summed E-state index contributed by atoms with van der Waals surface area (Å²) in [5.41, 5.74) is 2.70. The predicted octanol–water partition coefficient (Wildman–Crippen LogP) is 0.833. The fourth-order valence-corrected chi connectivity index (χ4v) is 4.14. The number of hydrogen-bond donors (Lipinski definition) is 1. The minimum atomic E-state index is -0.0916. The van der Waals surface area contributed by atoms with Crippen LogP contribution >= 0.6 is 0 Å². The average Bonchev–Trinajstić information content (AvgIpc) is 3.30. The van der Waals surface area contributed by atoms with Crippen LogP contribution in [0.1, 0.15) is 59.7 Å². The second kappa shape index (κ2) is 6.16. The zero-order chi connectivity index (χ0) is 17.6. The second-order valence-corrected chi connectivity index (χ2v) is 6.98. The van der Waals surface area contributed by atoms with Gasteiger partial charge in [-0.05, 0) is 39.0 Å².